The molecule has 6 nitrogen and oxygen atoms in total. The van der Waals surface area contributed by atoms with Gasteiger partial charge in [0, 0.05) is 22.3 Å². The lowest BCUT2D eigenvalue weighted by Gasteiger charge is -2.07. The van der Waals surface area contributed by atoms with Crippen molar-refractivity contribution in [2.45, 2.75) is 13.3 Å². The van der Waals surface area contributed by atoms with Crippen molar-refractivity contribution in [3.05, 3.63) is 65.2 Å². The van der Waals surface area contributed by atoms with Crippen LogP contribution >= 0.6 is 11.3 Å². The maximum absolute atomic E-state index is 12.3. The van der Waals surface area contributed by atoms with E-state index in [1.807, 2.05) is 30.5 Å². The van der Waals surface area contributed by atoms with Crippen molar-refractivity contribution in [1.29, 1.82) is 0 Å². The molecule has 1 aromatic heterocycles. The van der Waals surface area contributed by atoms with Crippen LogP contribution in [0.25, 0.3) is 10.6 Å². The van der Waals surface area contributed by atoms with Gasteiger partial charge in [-0.2, -0.15) is 0 Å². The van der Waals surface area contributed by atoms with Crippen molar-refractivity contribution in [3.8, 4) is 10.6 Å². The third-order valence-corrected chi connectivity index (χ3v) is 4.51. The number of hydrogen-bond donors (Lipinski definition) is 3. The van der Waals surface area contributed by atoms with E-state index in [0.29, 0.717) is 11.4 Å². The number of nitrogens with one attached hydrogen (secondary N) is 2. The van der Waals surface area contributed by atoms with Gasteiger partial charge in [0.15, 0.2) is 0 Å². The van der Waals surface area contributed by atoms with E-state index in [4.69, 9.17) is 5.73 Å². The molecule has 0 atom stereocenters. The number of urea groups is 1. The Bertz CT molecular complexity index is 952. The quantitative estimate of drug-likeness (QED) is 0.641. The fourth-order valence-electron chi connectivity index (χ4n) is 2.49. The van der Waals surface area contributed by atoms with Crippen LogP contribution in [0, 0.1) is 6.92 Å². The monoisotopic (exact) mass is 366 g/mol. The number of primary amides is 1. The highest BCUT2D eigenvalue weighted by molar-refractivity contribution is 7.13. The predicted octanol–water partition coefficient (Wildman–Crippen LogP) is 3.79. The molecule has 4 N–H and O–H groups in total. The second-order valence-electron chi connectivity index (χ2n) is 5.81. The molecular weight excluding hydrogens is 348 g/mol. The molecule has 7 heteroatoms. The first-order chi connectivity index (χ1) is 12.5. The third kappa shape index (κ3) is 4.67. The molecule has 0 aliphatic carbocycles. The predicted molar refractivity (Wildman–Crippen MR) is 104 cm³/mol. The van der Waals surface area contributed by atoms with Gasteiger partial charge in [-0.05, 0) is 31.2 Å². The topological polar surface area (TPSA) is 97.1 Å². The number of rotatable bonds is 5. The molecular formula is C19H18N4O2S. The number of amides is 3. The first-order valence-corrected chi connectivity index (χ1v) is 8.85. The lowest BCUT2D eigenvalue weighted by atomic mass is 10.1. The molecule has 0 fully saturated rings. The van der Waals surface area contributed by atoms with Crippen LogP contribution in [0.15, 0.2) is 53.9 Å². The van der Waals surface area contributed by atoms with E-state index < -0.39 is 6.03 Å². The van der Waals surface area contributed by atoms with Crippen molar-refractivity contribution in [3.63, 3.8) is 0 Å². The summed E-state index contributed by atoms with van der Waals surface area (Å²) in [5.74, 6) is -0.178. The number of thiazole rings is 1. The number of carbonyl (C=O) groups is 2. The number of nitrogens with zero attached hydrogens (tertiary/aromatic N) is 1. The number of carbonyl (C=O) groups excluding carboxylic acids is 2. The molecule has 132 valence electrons. The van der Waals surface area contributed by atoms with Crippen LogP contribution in [0.1, 0.15) is 11.3 Å². The molecule has 0 saturated heterocycles. The summed E-state index contributed by atoms with van der Waals surface area (Å²) in [7, 11) is 0. The Hall–Kier alpha value is -3.19. The number of hydrogen-bond acceptors (Lipinski definition) is 4. The summed E-state index contributed by atoms with van der Waals surface area (Å²) < 4.78 is 0. The maximum atomic E-state index is 12.3. The van der Waals surface area contributed by atoms with Crippen LogP contribution in [0.3, 0.4) is 0 Å². The molecule has 0 aliphatic heterocycles. The normalized spacial score (nSPS) is 10.3. The molecule has 0 saturated carbocycles. The van der Waals surface area contributed by atoms with Gasteiger partial charge in [-0.3, -0.25) is 4.79 Å². The standard InChI is InChI=1S/C19H18N4O2S/c1-12-4-2-5-13(8-12)18-22-16(11-26-18)10-17(24)21-14-6-3-7-15(9-14)23-19(20)25/h2-9,11H,10H2,1H3,(H,21,24)(H3,20,23,25). The number of benzene rings is 2. The van der Waals surface area contributed by atoms with E-state index in [1.54, 1.807) is 24.3 Å². The van der Waals surface area contributed by atoms with Crippen LogP contribution in [-0.4, -0.2) is 16.9 Å². The molecule has 0 unspecified atom stereocenters. The van der Waals surface area contributed by atoms with Gasteiger partial charge < -0.3 is 16.4 Å². The minimum Gasteiger partial charge on any atom is -0.351 e. The SMILES string of the molecule is Cc1cccc(-c2nc(CC(=O)Nc3cccc(NC(N)=O)c3)cs2)c1. The number of anilines is 2. The summed E-state index contributed by atoms with van der Waals surface area (Å²) in [6.07, 6.45) is 0.176. The first kappa shape index (κ1) is 17.6. The van der Waals surface area contributed by atoms with Crippen LogP contribution in [-0.2, 0) is 11.2 Å². The van der Waals surface area contributed by atoms with Gasteiger partial charge in [0.25, 0.3) is 0 Å². The van der Waals surface area contributed by atoms with Crippen LogP contribution in [0.2, 0.25) is 0 Å². The summed E-state index contributed by atoms with van der Waals surface area (Å²) in [6, 6.07) is 14.2. The molecule has 0 radical (unpaired) electrons. The van der Waals surface area contributed by atoms with Gasteiger partial charge in [0.2, 0.25) is 5.91 Å². The van der Waals surface area contributed by atoms with E-state index in [-0.39, 0.29) is 12.3 Å². The Labute approximate surface area is 155 Å². The van der Waals surface area contributed by atoms with E-state index >= 15 is 0 Å². The molecule has 1 heterocycles. The Morgan fingerprint density at radius 2 is 1.81 bits per heavy atom. The highest BCUT2D eigenvalue weighted by Gasteiger charge is 2.10. The van der Waals surface area contributed by atoms with Gasteiger partial charge in [-0.1, -0.05) is 29.8 Å². The molecule has 26 heavy (non-hydrogen) atoms. The first-order valence-electron chi connectivity index (χ1n) is 7.97. The zero-order valence-electron chi connectivity index (χ0n) is 14.2. The Morgan fingerprint density at radius 3 is 2.54 bits per heavy atom. The zero-order chi connectivity index (χ0) is 18.5. The zero-order valence-corrected chi connectivity index (χ0v) is 15.0. The average Bonchev–Trinajstić information content (AvgIpc) is 3.03. The molecule has 0 spiro atoms. The van der Waals surface area contributed by atoms with Gasteiger partial charge in [0.05, 0.1) is 12.1 Å². The average molecular weight is 366 g/mol. The minimum atomic E-state index is -0.653. The molecule has 3 rings (SSSR count). The van der Waals surface area contributed by atoms with E-state index in [1.165, 1.54) is 16.9 Å². The lowest BCUT2D eigenvalue weighted by Crippen LogP contribution is -2.19. The third-order valence-electron chi connectivity index (χ3n) is 3.57. The maximum Gasteiger partial charge on any atom is 0.316 e. The van der Waals surface area contributed by atoms with Crippen molar-refractivity contribution < 1.29 is 9.59 Å². The summed E-state index contributed by atoms with van der Waals surface area (Å²) in [6.45, 7) is 2.03. The second-order valence-corrected chi connectivity index (χ2v) is 6.67. The lowest BCUT2D eigenvalue weighted by molar-refractivity contribution is -0.115. The highest BCUT2D eigenvalue weighted by Crippen LogP contribution is 2.25. The largest absolute Gasteiger partial charge is 0.351 e. The Kier molecular flexibility index (Phi) is 5.28. The fourth-order valence-corrected chi connectivity index (χ4v) is 3.30. The summed E-state index contributed by atoms with van der Waals surface area (Å²) in [5, 5.41) is 8.05. The minimum absolute atomic E-state index is 0.176. The molecule has 0 bridgehead atoms. The van der Waals surface area contributed by atoms with Crippen molar-refractivity contribution in [1.82, 2.24) is 4.98 Å². The van der Waals surface area contributed by atoms with Gasteiger partial charge in [0.1, 0.15) is 5.01 Å². The second kappa shape index (κ2) is 7.79. The van der Waals surface area contributed by atoms with Crippen LogP contribution < -0.4 is 16.4 Å². The Morgan fingerprint density at radius 1 is 1.08 bits per heavy atom. The Balaban J connectivity index is 1.65. The number of nitrogens with two attached hydrogens (primary N) is 1. The molecule has 3 aromatic rings. The van der Waals surface area contributed by atoms with E-state index in [0.717, 1.165) is 16.3 Å². The summed E-state index contributed by atoms with van der Waals surface area (Å²) >= 11 is 1.52. The summed E-state index contributed by atoms with van der Waals surface area (Å²) in [4.78, 5) is 27.7. The smallest absolute Gasteiger partial charge is 0.316 e. The number of aryl methyl sites for hydroxylation is 1. The van der Waals surface area contributed by atoms with Crippen molar-refractivity contribution in [2.24, 2.45) is 5.73 Å². The molecule has 0 aliphatic rings. The summed E-state index contributed by atoms with van der Waals surface area (Å²) in [5.41, 5.74) is 9.13. The van der Waals surface area contributed by atoms with Crippen LogP contribution in [0.4, 0.5) is 16.2 Å². The van der Waals surface area contributed by atoms with Gasteiger partial charge in [-0.15, -0.1) is 11.3 Å². The van der Waals surface area contributed by atoms with Gasteiger partial charge in [-0.25, -0.2) is 9.78 Å². The molecule has 3 amide bonds. The molecule has 2 aromatic carbocycles. The fraction of sp³-hybridized carbons (Fsp3) is 0.105. The highest BCUT2D eigenvalue weighted by atomic mass is 32.1. The van der Waals surface area contributed by atoms with Crippen molar-refractivity contribution in [2.75, 3.05) is 10.6 Å². The van der Waals surface area contributed by atoms with Crippen molar-refractivity contribution >= 4 is 34.6 Å². The van der Waals surface area contributed by atoms with Crippen LogP contribution in [0.5, 0.6) is 0 Å². The van der Waals surface area contributed by atoms with E-state index in [9.17, 15) is 9.59 Å². The number of aromatic nitrogens is 1. The van der Waals surface area contributed by atoms with Gasteiger partial charge >= 0.3 is 6.03 Å². The van der Waals surface area contributed by atoms with E-state index in [2.05, 4.69) is 21.7 Å².